The van der Waals surface area contributed by atoms with Gasteiger partial charge in [0.15, 0.2) is 5.96 Å². The maximum atomic E-state index is 6.08. The second kappa shape index (κ2) is 9.00. The number of likely N-dealkylation sites (tertiary alicyclic amines) is 1. The summed E-state index contributed by atoms with van der Waals surface area (Å²) in [5.41, 5.74) is 6.18. The van der Waals surface area contributed by atoms with Gasteiger partial charge in [0.2, 0.25) is 0 Å². The molecule has 1 rings (SSSR count). The first kappa shape index (κ1) is 19.0. The molecule has 5 heteroatoms. The topological polar surface area (TPSA) is 50.9 Å². The van der Waals surface area contributed by atoms with E-state index in [1.165, 1.54) is 25.7 Å². The zero-order valence-corrected chi connectivity index (χ0v) is 15.1. The minimum absolute atomic E-state index is 0. The molecule has 0 aromatic heterocycles. The third kappa shape index (κ3) is 6.79. The first-order valence-corrected chi connectivity index (χ1v) is 7.03. The molecular weight excluding hydrogens is 353 g/mol. The van der Waals surface area contributed by atoms with E-state index in [0.29, 0.717) is 12.5 Å². The number of hydrogen-bond donors (Lipinski definition) is 1. The minimum atomic E-state index is 0. The van der Waals surface area contributed by atoms with Crippen LogP contribution in [0.4, 0.5) is 0 Å². The summed E-state index contributed by atoms with van der Waals surface area (Å²) in [5, 5.41) is 0. The lowest BCUT2D eigenvalue weighted by molar-refractivity contribution is 0.0240. The summed E-state index contributed by atoms with van der Waals surface area (Å²) in [4.78, 5) is 6.73. The maximum Gasteiger partial charge on any atom is 0.191 e. The Labute approximate surface area is 135 Å². The molecule has 1 fully saturated rings. The normalized spacial score (nSPS) is 19.6. The van der Waals surface area contributed by atoms with E-state index in [-0.39, 0.29) is 35.5 Å². The van der Waals surface area contributed by atoms with E-state index in [4.69, 9.17) is 10.5 Å². The summed E-state index contributed by atoms with van der Waals surface area (Å²) in [6.07, 6.45) is 5.19. The van der Waals surface area contributed by atoms with Gasteiger partial charge in [-0.3, -0.25) is 4.99 Å². The number of aliphatic imine (C=N–C) groups is 1. The average Bonchev–Trinajstić information content (AvgIpc) is 2.56. The van der Waals surface area contributed by atoms with Gasteiger partial charge < -0.3 is 15.4 Å². The summed E-state index contributed by atoms with van der Waals surface area (Å²) in [5.74, 6) is 0.684. The molecule has 0 bridgehead atoms. The summed E-state index contributed by atoms with van der Waals surface area (Å²) in [6.45, 7) is 9.23. The van der Waals surface area contributed by atoms with Crippen molar-refractivity contribution in [1.82, 2.24) is 4.90 Å². The predicted molar refractivity (Wildman–Crippen MR) is 92.2 cm³/mol. The molecule has 2 N–H and O–H groups in total. The first-order valence-electron chi connectivity index (χ1n) is 7.03. The number of nitrogens with two attached hydrogens (primary N) is 1. The largest absolute Gasteiger partial charge is 0.379 e. The number of nitrogens with zero attached hydrogens (tertiary/aromatic N) is 2. The Morgan fingerprint density at radius 3 is 2.16 bits per heavy atom. The summed E-state index contributed by atoms with van der Waals surface area (Å²) in [6, 6.07) is 0. The molecule has 0 aromatic carbocycles. The Morgan fingerprint density at radius 1 is 1.21 bits per heavy atom. The molecule has 19 heavy (non-hydrogen) atoms. The standard InChI is InChI=1S/C14H29N3O.HI/c1-14(2,3)12(18-4)11-16-13(15)17-9-7-5-6-8-10-17;/h12H,5-11H2,1-4H3,(H2,15,16);1H. The molecule has 1 atom stereocenters. The van der Waals surface area contributed by atoms with Crippen LogP contribution in [0.15, 0.2) is 4.99 Å². The lowest BCUT2D eigenvalue weighted by atomic mass is 9.89. The molecule has 1 aliphatic rings. The molecule has 4 nitrogen and oxygen atoms in total. The van der Waals surface area contributed by atoms with Crippen LogP contribution in [0.1, 0.15) is 46.5 Å². The number of methoxy groups -OCH3 is 1. The van der Waals surface area contributed by atoms with Crippen LogP contribution < -0.4 is 5.73 Å². The van der Waals surface area contributed by atoms with E-state index in [9.17, 15) is 0 Å². The fourth-order valence-electron chi connectivity index (χ4n) is 2.28. The Hall–Kier alpha value is -0.0400. The van der Waals surface area contributed by atoms with E-state index in [2.05, 4.69) is 30.7 Å². The molecule has 114 valence electrons. The van der Waals surface area contributed by atoms with Gasteiger partial charge in [-0.15, -0.1) is 24.0 Å². The van der Waals surface area contributed by atoms with Crippen molar-refractivity contribution in [2.75, 3.05) is 26.7 Å². The number of guanidine groups is 1. The van der Waals surface area contributed by atoms with Gasteiger partial charge in [-0.25, -0.2) is 0 Å². The van der Waals surface area contributed by atoms with E-state index in [1.807, 2.05) is 0 Å². The minimum Gasteiger partial charge on any atom is -0.379 e. The van der Waals surface area contributed by atoms with Gasteiger partial charge in [0.1, 0.15) is 0 Å². The number of rotatable bonds is 3. The molecule has 0 spiro atoms. The van der Waals surface area contributed by atoms with Crippen LogP contribution in [0.5, 0.6) is 0 Å². The number of halogens is 1. The molecule has 0 amide bonds. The van der Waals surface area contributed by atoms with Gasteiger partial charge in [0, 0.05) is 20.2 Å². The van der Waals surface area contributed by atoms with Gasteiger partial charge in [-0.1, -0.05) is 33.6 Å². The van der Waals surface area contributed by atoms with Crippen LogP contribution in [0.25, 0.3) is 0 Å². The van der Waals surface area contributed by atoms with Crippen LogP contribution >= 0.6 is 24.0 Å². The molecular formula is C14H30IN3O. The molecule has 1 aliphatic heterocycles. The molecule has 0 aliphatic carbocycles. The van der Waals surface area contributed by atoms with Crippen molar-refractivity contribution < 1.29 is 4.74 Å². The van der Waals surface area contributed by atoms with Gasteiger partial charge in [0.25, 0.3) is 0 Å². The third-order valence-corrected chi connectivity index (χ3v) is 3.60. The second-order valence-corrected chi connectivity index (χ2v) is 6.19. The Bertz CT molecular complexity index is 268. The molecule has 0 saturated carbocycles. The number of hydrogen-bond acceptors (Lipinski definition) is 2. The van der Waals surface area contributed by atoms with Crippen molar-refractivity contribution in [1.29, 1.82) is 0 Å². The van der Waals surface area contributed by atoms with E-state index in [0.717, 1.165) is 13.1 Å². The van der Waals surface area contributed by atoms with Gasteiger partial charge in [0.05, 0.1) is 12.6 Å². The lowest BCUT2D eigenvalue weighted by Gasteiger charge is -2.29. The molecule has 1 saturated heterocycles. The first-order chi connectivity index (χ1) is 8.45. The van der Waals surface area contributed by atoms with Crippen molar-refractivity contribution in [2.24, 2.45) is 16.1 Å². The van der Waals surface area contributed by atoms with Crippen molar-refractivity contribution in [3.63, 3.8) is 0 Å². The highest BCUT2D eigenvalue weighted by atomic mass is 127. The van der Waals surface area contributed by atoms with Gasteiger partial charge in [-0.2, -0.15) is 0 Å². The highest BCUT2D eigenvalue weighted by molar-refractivity contribution is 14.0. The summed E-state index contributed by atoms with van der Waals surface area (Å²) in [7, 11) is 1.74. The summed E-state index contributed by atoms with van der Waals surface area (Å²) < 4.78 is 5.50. The van der Waals surface area contributed by atoms with Gasteiger partial charge in [-0.05, 0) is 18.3 Å². The Kier molecular flexibility index (Phi) is 8.98. The highest BCUT2D eigenvalue weighted by Crippen LogP contribution is 2.22. The average molecular weight is 383 g/mol. The predicted octanol–water partition coefficient (Wildman–Crippen LogP) is 2.86. The fraction of sp³-hybridized carbons (Fsp3) is 0.929. The van der Waals surface area contributed by atoms with E-state index >= 15 is 0 Å². The van der Waals surface area contributed by atoms with Crippen LogP contribution in [-0.2, 0) is 4.74 Å². The monoisotopic (exact) mass is 383 g/mol. The van der Waals surface area contributed by atoms with Crippen LogP contribution in [-0.4, -0.2) is 43.7 Å². The highest BCUT2D eigenvalue weighted by Gasteiger charge is 2.24. The second-order valence-electron chi connectivity index (χ2n) is 6.19. The van der Waals surface area contributed by atoms with Crippen LogP contribution in [0.2, 0.25) is 0 Å². The van der Waals surface area contributed by atoms with Crippen molar-refractivity contribution in [3.8, 4) is 0 Å². The van der Waals surface area contributed by atoms with Crippen molar-refractivity contribution in [3.05, 3.63) is 0 Å². The third-order valence-electron chi connectivity index (χ3n) is 3.60. The fourth-order valence-corrected chi connectivity index (χ4v) is 2.28. The van der Waals surface area contributed by atoms with E-state index in [1.54, 1.807) is 7.11 Å². The SMILES string of the molecule is COC(CN=C(N)N1CCCCCC1)C(C)(C)C.I. The molecule has 0 radical (unpaired) electrons. The molecule has 1 unspecified atom stereocenters. The van der Waals surface area contributed by atoms with Crippen LogP contribution in [0.3, 0.4) is 0 Å². The van der Waals surface area contributed by atoms with Crippen molar-refractivity contribution >= 4 is 29.9 Å². The zero-order valence-electron chi connectivity index (χ0n) is 12.8. The van der Waals surface area contributed by atoms with Crippen LogP contribution in [0, 0.1) is 5.41 Å². The zero-order chi connectivity index (χ0) is 13.6. The smallest absolute Gasteiger partial charge is 0.191 e. The molecule has 0 aromatic rings. The van der Waals surface area contributed by atoms with Gasteiger partial charge >= 0.3 is 0 Å². The Balaban J connectivity index is 0.00000324. The number of ether oxygens (including phenoxy) is 1. The quantitative estimate of drug-likeness (QED) is 0.463. The Morgan fingerprint density at radius 2 is 1.74 bits per heavy atom. The van der Waals surface area contributed by atoms with Crippen molar-refractivity contribution in [2.45, 2.75) is 52.6 Å². The summed E-state index contributed by atoms with van der Waals surface area (Å²) >= 11 is 0. The van der Waals surface area contributed by atoms with E-state index < -0.39 is 0 Å². The maximum absolute atomic E-state index is 6.08. The molecule has 1 heterocycles. The lowest BCUT2D eigenvalue weighted by Crippen LogP contribution is -2.39.